The third-order valence-electron chi connectivity index (χ3n) is 2.54. The van der Waals surface area contributed by atoms with E-state index in [1.165, 1.54) is 0 Å². The fourth-order valence-corrected chi connectivity index (χ4v) is 1.38. The highest BCUT2D eigenvalue weighted by molar-refractivity contribution is 5.81. The maximum absolute atomic E-state index is 11.6. The zero-order valence-electron chi connectivity index (χ0n) is 11.0. The van der Waals surface area contributed by atoms with Gasteiger partial charge >= 0.3 is 0 Å². The van der Waals surface area contributed by atoms with Crippen molar-refractivity contribution in [1.82, 2.24) is 5.32 Å². The van der Waals surface area contributed by atoms with Gasteiger partial charge in [-0.3, -0.25) is 4.79 Å². The van der Waals surface area contributed by atoms with Crippen LogP contribution in [0.4, 0.5) is 0 Å². The predicted octanol–water partition coefficient (Wildman–Crippen LogP) is 1.29. The number of hydrogen-bond acceptors (Lipinski definition) is 3. The van der Waals surface area contributed by atoms with Gasteiger partial charge in [-0.1, -0.05) is 13.8 Å². The van der Waals surface area contributed by atoms with E-state index in [-0.39, 0.29) is 11.9 Å². The Morgan fingerprint density at radius 1 is 1.25 bits per heavy atom. The Hall–Kier alpha value is -0.610. The number of methoxy groups -OCH3 is 1. The predicted molar refractivity (Wildman–Crippen MR) is 66.1 cm³/mol. The summed E-state index contributed by atoms with van der Waals surface area (Å²) in [5.41, 5.74) is 5.72. The Morgan fingerprint density at radius 2 is 1.88 bits per heavy atom. The molecule has 0 aromatic carbocycles. The lowest BCUT2D eigenvalue weighted by molar-refractivity contribution is -0.123. The highest BCUT2D eigenvalue weighted by Crippen LogP contribution is 2.06. The molecule has 0 radical (unpaired) electrons. The summed E-state index contributed by atoms with van der Waals surface area (Å²) in [5.74, 6) is 0.592. The molecule has 0 aliphatic carbocycles. The normalized spacial score (nSPS) is 14.9. The molecule has 4 nitrogen and oxygen atoms in total. The minimum absolute atomic E-state index is 0.0756. The van der Waals surface area contributed by atoms with Gasteiger partial charge in [-0.2, -0.15) is 0 Å². The standard InChI is InChI=1S/C12H26N2O2/c1-9(2)5-6-10(3)14-12(15)11(13)7-8-16-4/h9-11H,5-8,13H2,1-4H3,(H,14,15). The molecule has 0 saturated heterocycles. The van der Waals surface area contributed by atoms with Crippen molar-refractivity contribution in [3.05, 3.63) is 0 Å². The van der Waals surface area contributed by atoms with Crippen LogP contribution in [-0.4, -0.2) is 31.7 Å². The third kappa shape index (κ3) is 7.65. The van der Waals surface area contributed by atoms with Crippen LogP contribution in [-0.2, 0) is 9.53 Å². The van der Waals surface area contributed by atoms with Crippen LogP contribution >= 0.6 is 0 Å². The summed E-state index contributed by atoms with van der Waals surface area (Å²) in [5, 5.41) is 2.92. The van der Waals surface area contributed by atoms with Gasteiger partial charge in [-0.25, -0.2) is 0 Å². The number of rotatable bonds is 8. The summed E-state index contributed by atoms with van der Waals surface area (Å²) in [6.45, 7) is 6.90. The number of ether oxygens (including phenoxy) is 1. The second-order valence-corrected chi connectivity index (χ2v) is 4.77. The first-order valence-electron chi connectivity index (χ1n) is 6.02. The van der Waals surface area contributed by atoms with Crippen LogP contribution < -0.4 is 11.1 Å². The summed E-state index contributed by atoms with van der Waals surface area (Å²) >= 11 is 0. The van der Waals surface area contributed by atoms with Crippen LogP contribution in [0.3, 0.4) is 0 Å². The SMILES string of the molecule is COCCC(N)C(=O)NC(C)CCC(C)C. The smallest absolute Gasteiger partial charge is 0.237 e. The number of carbonyl (C=O) groups is 1. The van der Waals surface area contributed by atoms with Crippen molar-refractivity contribution < 1.29 is 9.53 Å². The van der Waals surface area contributed by atoms with Crippen LogP contribution in [0, 0.1) is 5.92 Å². The molecule has 2 atom stereocenters. The largest absolute Gasteiger partial charge is 0.385 e. The molecule has 96 valence electrons. The summed E-state index contributed by atoms with van der Waals surface area (Å²) in [7, 11) is 1.61. The molecule has 0 heterocycles. The van der Waals surface area contributed by atoms with Crippen LogP contribution in [0.15, 0.2) is 0 Å². The molecule has 0 saturated carbocycles. The van der Waals surface area contributed by atoms with Gasteiger partial charge in [0.05, 0.1) is 6.04 Å². The maximum Gasteiger partial charge on any atom is 0.237 e. The van der Waals surface area contributed by atoms with Crippen LogP contribution in [0.25, 0.3) is 0 Å². The number of carbonyl (C=O) groups excluding carboxylic acids is 1. The summed E-state index contributed by atoms with van der Waals surface area (Å²) < 4.78 is 4.89. The average molecular weight is 230 g/mol. The quantitative estimate of drug-likeness (QED) is 0.660. The Labute approximate surface area is 98.9 Å². The first-order chi connectivity index (χ1) is 7.47. The molecule has 0 spiro atoms. The van der Waals surface area contributed by atoms with Gasteiger partial charge in [0.15, 0.2) is 0 Å². The van der Waals surface area contributed by atoms with Crippen molar-refractivity contribution in [3.8, 4) is 0 Å². The lowest BCUT2D eigenvalue weighted by atomic mass is 10.0. The summed E-state index contributed by atoms with van der Waals surface area (Å²) in [6, 6.07) is -0.259. The first kappa shape index (κ1) is 15.4. The first-order valence-corrected chi connectivity index (χ1v) is 6.02. The minimum Gasteiger partial charge on any atom is -0.385 e. The minimum atomic E-state index is -0.457. The zero-order chi connectivity index (χ0) is 12.6. The molecule has 0 aliphatic heterocycles. The molecule has 0 rings (SSSR count). The fourth-order valence-electron chi connectivity index (χ4n) is 1.38. The molecule has 0 fully saturated rings. The van der Waals surface area contributed by atoms with E-state index in [0.717, 1.165) is 12.8 Å². The second-order valence-electron chi connectivity index (χ2n) is 4.77. The fraction of sp³-hybridized carbons (Fsp3) is 0.917. The highest BCUT2D eigenvalue weighted by Gasteiger charge is 2.15. The van der Waals surface area contributed by atoms with Gasteiger partial charge in [-0.15, -0.1) is 0 Å². The molecule has 2 unspecified atom stereocenters. The van der Waals surface area contributed by atoms with E-state index in [2.05, 4.69) is 19.2 Å². The van der Waals surface area contributed by atoms with Gasteiger partial charge in [0.2, 0.25) is 5.91 Å². The molecule has 16 heavy (non-hydrogen) atoms. The van der Waals surface area contributed by atoms with E-state index in [9.17, 15) is 4.79 Å². The van der Waals surface area contributed by atoms with E-state index < -0.39 is 6.04 Å². The molecule has 0 bridgehead atoms. The number of nitrogens with two attached hydrogens (primary N) is 1. The molecule has 0 aromatic heterocycles. The van der Waals surface area contributed by atoms with Gasteiger partial charge in [0.1, 0.15) is 0 Å². The van der Waals surface area contributed by atoms with Crippen molar-refractivity contribution in [2.24, 2.45) is 11.7 Å². The molecule has 1 amide bonds. The molecular weight excluding hydrogens is 204 g/mol. The van der Waals surface area contributed by atoms with Crippen molar-refractivity contribution in [1.29, 1.82) is 0 Å². The zero-order valence-corrected chi connectivity index (χ0v) is 11.0. The van der Waals surface area contributed by atoms with Crippen LogP contribution in [0.1, 0.15) is 40.0 Å². The Morgan fingerprint density at radius 3 is 2.38 bits per heavy atom. The van der Waals surface area contributed by atoms with Crippen molar-refractivity contribution in [2.45, 2.75) is 52.1 Å². The van der Waals surface area contributed by atoms with E-state index >= 15 is 0 Å². The Kier molecular flexibility index (Phi) is 8.21. The van der Waals surface area contributed by atoms with Gasteiger partial charge in [0, 0.05) is 19.8 Å². The molecule has 3 N–H and O–H groups in total. The third-order valence-corrected chi connectivity index (χ3v) is 2.54. The number of nitrogens with one attached hydrogen (secondary N) is 1. The Balaban J connectivity index is 3.76. The van der Waals surface area contributed by atoms with Crippen LogP contribution in [0.5, 0.6) is 0 Å². The van der Waals surface area contributed by atoms with Gasteiger partial charge in [-0.05, 0) is 32.1 Å². The monoisotopic (exact) mass is 230 g/mol. The van der Waals surface area contributed by atoms with Gasteiger partial charge in [0.25, 0.3) is 0 Å². The molecule has 0 aliphatic rings. The Bertz CT molecular complexity index is 195. The van der Waals surface area contributed by atoms with Gasteiger partial charge < -0.3 is 15.8 Å². The molecule has 4 heteroatoms. The topological polar surface area (TPSA) is 64.3 Å². The summed E-state index contributed by atoms with van der Waals surface area (Å²) in [4.78, 5) is 11.6. The van der Waals surface area contributed by atoms with E-state index in [4.69, 9.17) is 10.5 Å². The van der Waals surface area contributed by atoms with Crippen molar-refractivity contribution in [3.63, 3.8) is 0 Å². The van der Waals surface area contributed by atoms with Crippen LogP contribution in [0.2, 0.25) is 0 Å². The lowest BCUT2D eigenvalue weighted by Crippen LogP contribution is -2.44. The second kappa shape index (κ2) is 8.53. The average Bonchev–Trinajstić information content (AvgIpc) is 2.22. The number of amides is 1. The van der Waals surface area contributed by atoms with E-state index in [1.54, 1.807) is 7.11 Å². The maximum atomic E-state index is 11.6. The molecule has 0 aromatic rings. The van der Waals surface area contributed by atoms with E-state index in [1.807, 2.05) is 6.92 Å². The lowest BCUT2D eigenvalue weighted by Gasteiger charge is -2.18. The summed E-state index contributed by atoms with van der Waals surface area (Å²) in [6.07, 6.45) is 2.69. The van der Waals surface area contributed by atoms with Crippen molar-refractivity contribution in [2.75, 3.05) is 13.7 Å². The highest BCUT2D eigenvalue weighted by atomic mass is 16.5. The molecular formula is C12H26N2O2. The van der Waals surface area contributed by atoms with Crippen molar-refractivity contribution >= 4 is 5.91 Å². The number of hydrogen-bond donors (Lipinski definition) is 2. The van der Waals surface area contributed by atoms with E-state index in [0.29, 0.717) is 18.9 Å².